The third kappa shape index (κ3) is 2.44. The molecule has 0 unspecified atom stereocenters. The van der Waals surface area contributed by atoms with Gasteiger partial charge in [0.05, 0.1) is 11.0 Å². The fourth-order valence-electron chi connectivity index (χ4n) is 1.93. The second kappa shape index (κ2) is 4.97. The van der Waals surface area contributed by atoms with Crippen molar-refractivity contribution in [2.45, 2.75) is 0 Å². The van der Waals surface area contributed by atoms with E-state index in [0.29, 0.717) is 0 Å². The third-order valence-electron chi connectivity index (χ3n) is 2.82. The van der Waals surface area contributed by atoms with Gasteiger partial charge >= 0.3 is 0 Å². The molecule has 1 aromatic heterocycles. The number of halogens is 2. The van der Waals surface area contributed by atoms with E-state index >= 15 is 0 Å². The maximum absolute atomic E-state index is 14.3. The monoisotopic (exact) mass is 316 g/mol. The van der Waals surface area contributed by atoms with Crippen LogP contribution in [-0.2, 0) is 0 Å². The zero-order valence-electron chi connectivity index (χ0n) is 9.92. The molecule has 0 saturated carbocycles. The Morgan fingerprint density at radius 3 is 2.84 bits per heavy atom. The highest BCUT2D eigenvalue weighted by atomic mass is 79.9. The summed E-state index contributed by atoms with van der Waals surface area (Å²) in [6.45, 7) is 0. The SMILES string of the molecule is F/C(=C/c1cccc(Br)c1)n1cnc2ccccc21. The number of hydrogen-bond acceptors (Lipinski definition) is 1. The number of fused-ring (bicyclic) bond motifs is 1. The van der Waals surface area contributed by atoms with Gasteiger partial charge in [0.1, 0.15) is 6.33 Å². The second-order valence-electron chi connectivity index (χ2n) is 4.13. The number of aromatic nitrogens is 2. The summed E-state index contributed by atoms with van der Waals surface area (Å²) in [5, 5.41) is 0. The van der Waals surface area contributed by atoms with Gasteiger partial charge in [-0.05, 0) is 35.9 Å². The Hall–Kier alpha value is -1.94. The van der Waals surface area contributed by atoms with Gasteiger partial charge in [-0.1, -0.05) is 40.2 Å². The molecule has 0 atom stereocenters. The van der Waals surface area contributed by atoms with Crippen molar-refractivity contribution >= 4 is 39.0 Å². The quantitative estimate of drug-likeness (QED) is 0.668. The van der Waals surface area contributed by atoms with Crippen molar-refractivity contribution in [1.82, 2.24) is 9.55 Å². The molecule has 0 N–H and O–H groups in total. The average Bonchev–Trinajstić information content (AvgIpc) is 2.82. The first-order valence-corrected chi connectivity index (χ1v) is 6.58. The largest absolute Gasteiger partial charge is 0.275 e. The molecule has 0 radical (unpaired) electrons. The molecule has 0 amide bonds. The fraction of sp³-hybridized carbons (Fsp3) is 0. The fourth-order valence-corrected chi connectivity index (χ4v) is 2.35. The first-order valence-electron chi connectivity index (χ1n) is 5.79. The van der Waals surface area contributed by atoms with Crippen LogP contribution in [0.5, 0.6) is 0 Å². The predicted molar refractivity (Wildman–Crippen MR) is 79.2 cm³/mol. The highest BCUT2D eigenvalue weighted by Crippen LogP contribution is 2.21. The van der Waals surface area contributed by atoms with Crippen LogP contribution in [0, 0.1) is 0 Å². The maximum atomic E-state index is 14.3. The number of para-hydroxylation sites is 2. The lowest BCUT2D eigenvalue weighted by atomic mass is 10.2. The zero-order chi connectivity index (χ0) is 13.2. The molecule has 94 valence electrons. The summed E-state index contributed by atoms with van der Waals surface area (Å²) in [5.41, 5.74) is 2.33. The topological polar surface area (TPSA) is 17.8 Å². The van der Waals surface area contributed by atoms with Crippen LogP contribution in [0.3, 0.4) is 0 Å². The minimum absolute atomic E-state index is 0.355. The van der Waals surface area contributed by atoms with Gasteiger partial charge in [-0.2, -0.15) is 4.39 Å². The number of rotatable bonds is 2. The molecule has 4 heteroatoms. The van der Waals surface area contributed by atoms with Gasteiger partial charge in [0, 0.05) is 4.47 Å². The van der Waals surface area contributed by atoms with Gasteiger partial charge in [0.2, 0.25) is 0 Å². The van der Waals surface area contributed by atoms with Gasteiger partial charge < -0.3 is 0 Å². The molecule has 19 heavy (non-hydrogen) atoms. The van der Waals surface area contributed by atoms with E-state index in [2.05, 4.69) is 20.9 Å². The van der Waals surface area contributed by atoms with Crippen molar-refractivity contribution in [2.24, 2.45) is 0 Å². The Labute approximate surface area is 118 Å². The Balaban J connectivity index is 2.06. The molecule has 0 aliphatic heterocycles. The Morgan fingerprint density at radius 2 is 2.00 bits per heavy atom. The summed E-state index contributed by atoms with van der Waals surface area (Å²) in [4.78, 5) is 4.17. The molecule has 0 aliphatic carbocycles. The number of imidazole rings is 1. The number of hydrogen-bond donors (Lipinski definition) is 0. The van der Waals surface area contributed by atoms with E-state index in [1.54, 1.807) is 0 Å². The minimum Gasteiger partial charge on any atom is -0.275 e. The van der Waals surface area contributed by atoms with Crippen LogP contribution in [0.1, 0.15) is 5.56 Å². The van der Waals surface area contributed by atoms with Crippen molar-refractivity contribution in [1.29, 1.82) is 0 Å². The molecule has 0 fully saturated rings. The summed E-state index contributed by atoms with van der Waals surface area (Å²) < 4.78 is 16.6. The normalized spacial score (nSPS) is 12.0. The second-order valence-corrected chi connectivity index (χ2v) is 5.04. The molecule has 1 heterocycles. The molecule has 0 bridgehead atoms. The van der Waals surface area contributed by atoms with Crippen LogP contribution in [0.2, 0.25) is 0 Å². The summed E-state index contributed by atoms with van der Waals surface area (Å²) in [6.07, 6.45) is 2.98. The minimum atomic E-state index is -0.355. The molecular formula is C15H10BrFN2. The van der Waals surface area contributed by atoms with Gasteiger partial charge in [0.25, 0.3) is 0 Å². The van der Waals surface area contributed by atoms with Gasteiger partial charge in [0.15, 0.2) is 5.95 Å². The van der Waals surface area contributed by atoms with Crippen LogP contribution < -0.4 is 0 Å². The molecule has 0 saturated heterocycles. The van der Waals surface area contributed by atoms with Crippen LogP contribution >= 0.6 is 15.9 Å². The highest BCUT2D eigenvalue weighted by molar-refractivity contribution is 9.10. The maximum Gasteiger partial charge on any atom is 0.200 e. The lowest BCUT2D eigenvalue weighted by molar-refractivity contribution is 0.700. The lowest BCUT2D eigenvalue weighted by Crippen LogP contribution is -1.89. The Kier molecular flexibility index (Phi) is 3.17. The Morgan fingerprint density at radius 1 is 1.16 bits per heavy atom. The van der Waals surface area contributed by atoms with E-state index in [1.807, 2.05) is 48.5 Å². The van der Waals surface area contributed by atoms with E-state index in [0.717, 1.165) is 21.1 Å². The number of benzene rings is 2. The van der Waals surface area contributed by atoms with Crippen LogP contribution in [0.25, 0.3) is 23.1 Å². The smallest absolute Gasteiger partial charge is 0.200 e. The molecular weight excluding hydrogens is 307 g/mol. The summed E-state index contributed by atoms with van der Waals surface area (Å²) in [6, 6.07) is 14.9. The zero-order valence-corrected chi connectivity index (χ0v) is 11.5. The molecule has 2 nitrogen and oxygen atoms in total. The van der Waals surface area contributed by atoms with Gasteiger partial charge in [-0.25, -0.2) is 4.98 Å². The summed E-state index contributed by atoms with van der Waals surface area (Å²) in [5.74, 6) is -0.355. The van der Waals surface area contributed by atoms with E-state index in [-0.39, 0.29) is 5.95 Å². The molecule has 0 spiro atoms. The predicted octanol–water partition coefficient (Wildman–Crippen LogP) is 4.72. The first kappa shape index (κ1) is 12.1. The average molecular weight is 317 g/mol. The van der Waals surface area contributed by atoms with Crippen molar-refractivity contribution in [3.63, 3.8) is 0 Å². The standard InChI is InChI=1S/C15H10BrFN2/c16-12-5-3-4-11(8-12)9-15(17)19-10-18-13-6-1-2-7-14(13)19/h1-10H/b15-9-. The van der Waals surface area contributed by atoms with Gasteiger partial charge in [-0.3, -0.25) is 4.57 Å². The van der Waals surface area contributed by atoms with Crippen LogP contribution in [0.4, 0.5) is 4.39 Å². The van der Waals surface area contributed by atoms with Crippen molar-refractivity contribution in [2.75, 3.05) is 0 Å². The Bertz CT molecular complexity index is 761. The first-order chi connectivity index (χ1) is 9.24. The van der Waals surface area contributed by atoms with Crippen molar-refractivity contribution < 1.29 is 4.39 Å². The molecule has 3 rings (SSSR count). The molecule has 2 aromatic carbocycles. The van der Waals surface area contributed by atoms with Crippen LogP contribution in [-0.4, -0.2) is 9.55 Å². The highest BCUT2D eigenvalue weighted by Gasteiger charge is 2.05. The van der Waals surface area contributed by atoms with Crippen LogP contribution in [0.15, 0.2) is 59.3 Å². The number of nitrogens with zero attached hydrogens (tertiary/aromatic N) is 2. The third-order valence-corrected chi connectivity index (χ3v) is 3.31. The summed E-state index contributed by atoms with van der Waals surface area (Å²) >= 11 is 3.37. The lowest BCUT2D eigenvalue weighted by Gasteiger charge is -2.01. The van der Waals surface area contributed by atoms with E-state index in [1.165, 1.54) is 17.0 Å². The molecule has 3 aromatic rings. The van der Waals surface area contributed by atoms with Crippen molar-refractivity contribution in [3.8, 4) is 0 Å². The molecule has 0 aliphatic rings. The van der Waals surface area contributed by atoms with Crippen molar-refractivity contribution in [3.05, 3.63) is 64.9 Å². The summed E-state index contributed by atoms with van der Waals surface area (Å²) in [7, 11) is 0. The van der Waals surface area contributed by atoms with E-state index in [4.69, 9.17) is 0 Å². The van der Waals surface area contributed by atoms with Gasteiger partial charge in [-0.15, -0.1) is 0 Å². The van der Waals surface area contributed by atoms with E-state index in [9.17, 15) is 4.39 Å². The van der Waals surface area contributed by atoms with E-state index < -0.39 is 0 Å².